The SMILES string of the molecule is C[C@@]12Cc3c(c(-c4nc5cc(N)c(F)c(F)c5n4COCC[Si](C)(C)C)nn3COCC[Si](C)(C)C)C[C@@H]1C2. The van der Waals surface area contributed by atoms with Gasteiger partial charge in [0.25, 0.3) is 0 Å². The first-order chi connectivity index (χ1) is 18.2. The highest BCUT2D eigenvalue weighted by atomic mass is 28.3. The average molecular weight is 576 g/mol. The van der Waals surface area contributed by atoms with Crippen molar-refractivity contribution in [2.24, 2.45) is 11.3 Å². The zero-order valence-electron chi connectivity index (χ0n) is 24.5. The Labute approximate surface area is 232 Å². The lowest BCUT2D eigenvalue weighted by Gasteiger charge is -2.20. The maximum atomic E-state index is 15.3. The molecule has 11 heteroatoms. The van der Waals surface area contributed by atoms with Crippen molar-refractivity contribution in [1.82, 2.24) is 19.3 Å². The number of benzene rings is 1. The summed E-state index contributed by atoms with van der Waals surface area (Å²) in [4.78, 5) is 4.77. The largest absolute Gasteiger partial charge is 0.396 e. The van der Waals surface area contributed by atoms with Crippen LogP contribution in [-0.4, -0.2) is 48.7 Å². The highest BCUT2D eigenvalue weighted by Gasteiger charge is 2.54. The van der Waals surface area contributed by atoms with Gasteiger partial charge in [-0.05, 0) is 48.7 Å². The standard InChI is InChI=1S/C28H43F2N5O2Si2/c1-28-14-18(28)12-19-22(15-28)35(17-37-9-11-39(5,6)7)33-25(19)27-32-21-13-20(31)23(29)24(30)26(21)34(27)16-36-8-10-38(2,3)4/h13,18H,8-12,14-17,31H2,1-7H3/t18-,28-/m1/s1. The molecule has 0 amide bonds. The van der Waals surface area contributed by atoms with E-state index >= 15 is 4.39 Å². The maximum absolute atomic E-state index is 15.3. The quantitative estimate of drug-likeness (QED) is 0.160. The number of nitrogens with zero attached hydrogens (tertiary/aromatic N) is 4. The predicted molar refractivity (Wildman–Crippen MR) is 157 cm³/mol. The van der Waals surface area contributed by atoms with Crippen molar-refractivity contribution in [3.05, 3.63) is 29.0 Å². The molecule has 0 radical (unpaired) electrons. The first-order valence-electron chi connectivity index (χ1n) is 14.0. The fourth-order valence-electron chi connectivity index (χ4n) is 5.52. The van der Waals surface area contributed by atoms with E-state index in [1.54, 1.807) is 4.57 Å². The molecule has 0 saturated heterocycles. The fourth-order valence-corrected chi connectivity index (χ4v) is 7.03. The van der Waals surface area contributed by atoms with Gasteiger partial charge in [0.2, 0.25) is 0 Å². The molecule has 1 saturated carbocycles. The minimum atomic E-state index is -1.32. The molecule has 1 aromatic carbocycles. The molecule has 1 fully saturated rings. The van der Waals surface area contributed by atoms with Gasteiger partial charge in [0.1, 0.15) is 24.7 Å². The van der Waals surface area contributed by atoms with Gasteiger partial charge in [0.05, 0.1) is 11.2 Å². The van der Waals surface area contributed by atoms with E-state index in [1.807, 2.05) is 4.68 Å². The van der Waals surface area contributed by atoms with Crippen LogP contribution in [0.2, 0.25) is 51.4 Å². The lowest BCUT2D eigenvalue weighted by molar-refractivity contribution is 0.0756. The molecule has 214 valence electrons. The van der Waals surface area contributed by atoms with Crippen LogP contribution in [0.25, 0.3) is 22.6 Å². The molecule has 2 aliphatic rings. The molecule has 7 nitrogen and oxygen atoms in total. The second kappa shape index (κ2) is 10.1. The zero-order chi connectivity index (χ0) is 28.3. The van der Waals surface area contributed by atoms with Gasteiger partial charge in [-0.15, -0.1) is 0 Å². The molecule has 2 N–H and O–H groups in total. The molecule has 39 heavy (non-hydrogen) atoms. The van der Waals surface area contributed by atoms with Crippen LogP contribution < -0.4 is 5.73 Å². The molecular formula is C28H43F2N5O2Si2. The van der Waals surface area contributed by atoms with Crippen molar-refractivity contribution in [3.8, 4) is 11.5 Å². The number of nitrogen functional groups attached to an aromatic ring is 1. The Morgan fingerprint density at radius 3 is 2.31 bits per heavy atom. The van der Waals surface area contributed by atoms with Crippen molar-refractivity contribution in [2.45, 2.75) is 91.0 Å². The first-order valence-corrected chi connectivity index (χ1v) is 21.5. The highest BCUT2D eigenvalue weighted by molar-refractivity contribution is 6.76. The molecule has 2 aromatic heterocycles. The number of hydrogen-bond donors (Lipinski definition) is 1. The summed E-state index contributed by atoms with van der Waals surface area (Å²) in [7, 11) is -2.53. The molecule has 3 aromatic rings. The summed E-state index contributed by atoms with van der Waals surface area (Å²) in [6.45, 7) is 17.9. The Hall–Kier alpha value is -2.09. The third-order valence-electron chi connectivity index (χ3n) is 8.31. The maximum Gasteiger partial charge on any atom is 0.186 e. The van der Waals surface area contributed by atoms with Gasteiger partial charge in [-0.2, -0.15) is 5.10 Å². The third-order valence-corrected chi connectivity index (χ3v) is 11.7. The molecule has 2 atom stereocenters. The highest BCUT2D eigenvalue weighted by Crippen LogP contribution is 2.60. The smallest absolute Gasteiger partial charge is 0.186 e. The van der Waals surface area contributed by atoms with E-state index in [4.69, 9.17) is 25.3 Å². The second-order valence-electron chi connectivity index (χ2n) is 14.2. The first kappa shape index (κ1) is 28.4. The minimum absolute atomic E-state index is 0.0615. The molecule has 0 aliphatic heterocycles. The van der Waals surface area contributed by atoms with Gasteiger partial charge >= 0.3 is 0 Å². The van der Waals surface area contributed by atoms with E-state index in [9.17, 15) is 4.39 Å². The number of anilines is 1. The van der Waals surface area contributed by atoms with Gasteiger partial charge in [0.15, 0.2) is 17.5 Å². The third kappa shape index (κ3) is 5.87. The molecule has 5 rings (SSSR count). The zero-order valence-corrected chi connectivity index (χ0v) is 26.5. The van der Waals surface area contributed by atoms with Crippen LogP contribution in [0.1, 0.15) is 24.6 Å². The summed E-state index contributed by atoms with van der Waals surface area (Å²) in [5, 5.41) is 5.00. The number of imidazole rings is 1. The number of halogens is 2. The normalized spacial score (nSPS) is 20.9. The summed E-state index contributed by atoms with van der Waals surface area (Å²) in [6.07, 6.45) is 3.01. The van der Waals surface area contributed by atoms with Crippen molar-refractivity contribution in [1.29, 1.82) is 0 Å². The fraction of sp³-hybridized carbons (Fsp3) is 0.643. The van der Waals surface area contributed by atoms with E-state index in [-0.39, 0.29) is 17.9 Å². The summed E-state index contributed by atoms with van der Waals surface area (Å²) in [5.41, 5.74) is 9.19. The average Bonchev–Trinajstić information content (AvgIpc) is 3.18. The van der Waals surface area contributed by atoms with E-state index in [0.29, 0.717) is 48.3 Å². The lowest BCUT2D eigenvalue weighted by atomic mass is 9.87. The number of aromatic nitrogens is 4. The van der Waals surface area contributed by atoms with Crippen molar-refractivity contribution < 1.29 is 18.3 Å². The topological polar surface area (TPSA) is 80.1 Å². The van der Waals surface area contributed by atoms with E-state index in [1.165, 1.54) is 18.2 Å². The van der Waals surface area contributed by atoms with Crippen LogP contribution in [0.5, 0.6) is 0 Å². The Morgan fingerprint density at radius 1 is 1.03 bits per heavy atom. The molecule has 0 unspecified atom stereocenters. The molecule has 0 spiro atoms. The van der Waals surface area contributed by atoms with Gasteiger partial charge in [-0.25, -0.2) is 18.4 Å². The van der Waals surface area contributed by atoms with Gasteiger partial charge < -0.3 is 15.2 Å². The Balaban J connectivity index is 1.54. The van der Waals surface area contributed by atoms with Crippen LogP contribution in [-0.2, 0) is 35.8 Å². The Kier molecular flexibility index (Phi) is 7.35. The van der Waals surface area contributed by atoms with Crippen LogP contribution in [0, 0.1) is 23.0 Å². The van der Waals surface area contributed by atoms with Gasteiger partial charge in [-0.3, -0.25) is 4.57 Å². The van der Waals surface area contributed by atoms with E-state index < -0.39 is 27.8 Å². The summed E-state index contributed by atoms with van der Waals surface area (Å²) < 4.78 is 45.7. The van der Waals surface area contributed by atoms with Crippen molar-refractivity contribution in [3.63, 3.8) is 0 Å². The van der Waals surface area contributed by atoms with E-state index in [2.05, 4.69) is 46.2 Å². The Bertz CT molecular complexity index is 1390. The number of fused-ring (bicyclic) bond motifs is 3. The minimum Gasteiger partial charge on any atom is -0.396 e. The van der Waals surface area contributed by atoms with Gasteiger partial charge in [-0.1, -0.05) is 46.2 Å². The Morgan fingerprint density at radius 2 is 1.67 bits per heavy atom. The number of ether oxygens (including phenoxy) is 2. The molecule has 2 heterocycles. The molecule has 2 aliphatic carbocycles. The monoisotopic (exact) mass is 575 g/mol. The molecule has 0 bridgehead atoms. The van der Waals surface area contributed by atoms with Crippen LogP contribution >= 0.6 is 0 Å². The van der Waals surface area contributed by atoms with E-state index in [0.717, 1.165) is 30.5 Å². The van der Waals surface area contributed by atoms with Crippen LogP contribution in [0.15, 0.2) is 6.07 Å². The van der Waals surface area contributed by atoms with Gasteiger partial charge in [0, 0.05) is 40.6 Å². The second-order valence-corrected chi connectivity index (χ2v) is 25.5. The van der Waals surface area contributed by atoms with Crippen molar-refractivity contribution >= 4 is 32.9 Å². The lowest BCUT2D eigenvalue weighted by Crippen LogP contribution is -2.23. The van der Waals surface area contributed by atoms with Crippen LogP contribution in [0.3, 0.4) is 0 Å². The molecular weight excluding hydrogens is 533 g/mol. The number of rotatable bonds is 11. The summed E-state index contributed by atoms with van der Waals surface area (Å²) in [6, 6.07) is 3.45. The number of hydrogen-bond acceptors (Lipinski definition) is 5. The van der Waals surface area contributed by atoms with Crippen molar-refractivity contribution in [2.75, 3.05) is 18.9 Å². The predicted octanol–water partition coefficient (Wildman–Crippen LogP) is 6.51. The van der Waals surface area contributed by atoms with Crippen LogP contribution in [0.4, 0.5) is 14.5 Å². The number of nitrogens with two attached hydrogens (primary N) is 1. The summed E-state index contributed by atoms with van der Waals surface area (Å²) in [5.74, 6) is -0.974. The summed E-state index contributed by atoms with van der Waals surface area (Å²) >= 11 is 0.